The van der Waals surface area contributed by atoms with E-state index in [0.717, 1.165) is 0 Å². The molecule has 0 saturated heterocycles. The van der Waals surface area contributed by atoms with Gasteiger partial charge in [0.25, 0.3) is 0 Å². The molecule has 0 aliphatic carbocycles. The van der Waals surface area contributed by atoms with E-state index in [2.05, 4.69) is 43.1 Å². The van der Waals surface area contributed by atoms with Crippen LogP contribution in [0.5, 0.6) is 0 Å². The highest BCUT2D eigenvalue weighted by Crippen LogP contribution is 2.52. The fourth-order valence-electron chi connectivity index (χ4n) is 1.84. The van der Waals surface area contributed by atoms with Crippen molar-refractivity contribution in [2.75, 3.05) is 6.16 Å². The molecule has 0 amide bonds. The molecule has 74 valence electrons. The van der Waals surface area contributed by atoms with Crippen LogP contribution in [0.1, 0.15) is 25.3 Å². The Morgan fingerprint density at radius 1 is 1.29 bits per heavy atom. The summed E-state index contributed by atoms with van der Waals surface area (Å²) in [6, 6.07) is 7.26. The highest BCUT2D eigenvalue weighted by molar-refractivity contribution is 8.20. The van der Waals surface area contributed by atoms with Gasteiger partial charge in [-0.1, -0.05) is 55.5 Å². The average Bonchev–Trinajstić information content (AvgIpc) is 2.55. The highest BCUT2D eigenvalue weighted by atomic mass is 32.4. The largest absolute Gasteiger partial charge is 0.0882 e. The summed E-state index contributed by atoms with van der Waals surface area (Å²) < 4.78 is 0. The zero-order valence-electron chi connectivity index (χ0n) is 8.44. The van der Waals surface area contributed by atoms with Gasteiger partial charge < -0.3 is 0 Å². The molecule has 1 aliphatic heterocycles. The third kappa shape index (κ3) is 1.71. The molecule has 1 heterocycles. The molecule has 0 nitrogen and oxygen atoms in total. The first-order valence-corrected chi connectivity index (χ1v) is 8.19. The van der Waals surface area contributed by atoms with E-state index < -0.39 is 6.04 Å². The minimum Gasteiger partial charge on any atom is -0.0882 e. The van der Waals surface area contributed by atoms with Crippen LogP contribution < -0.4 is 5.30 Å². The second-order valence-electron chi connectivity index (χ2n) is 3.75. The van der Waals surface area contributed by atoms with E-state index in [-0.39, 0.29) is 0 Å². The van der Waals surface area contributed by atoms with E-state index in [1.165, 1.54) is 29.9 Å². The molecule has 0 radical (unpaired) electrons. The van der Waals surface area contributed by atoms with Gasteiger partial charge in [0.15, 0.2) is 0 Å². The van der Waals surface area contributed by atoms with Gasteiger partial charge in [0.2, 0.25) is 0 Å². The lowest BCUT2D eigenvalue weighted by Crippen LogP contribution is -2.05. The Bertz CT molecular complexity index is 407. The molecule has 1 aliphatic rings. The third-order valence-electron chi connectivity index (χ3n) is 2.68. The SMILES string of the molecule is CCCCP1(=S)C=Cc2ccccc21. The monoisotopic (exact) mass is 222 g/mol. The lowest BCUT2D eigenvalue weighted by Gasteiger charge is -2.15. The average molecular weight is 222 g/mol. The predicted octanol–water partition coefficient (Wildman–Crippen LogP) is 3.58. The zero-order valence-corrected chi connectivity index (χ0v) is 10.2. The quantitative estimate of drug-likeness (QED) is 0.704. The summed E-state index contributed by atoms with van der Waals surface area (Å²) in [6.45, 7) is 2.23. The first kappa shape index (κ1) is 10.1. The number of benzene rings is 1. The summed E-state index contributed by atoms with van der Waals surface area (Å²) in [5, 5.41) is 1.43. The molecule has 0 saturated carbocycles. The smallest absolute Gasteiger partial charge is 0.00427 e. The Morgan fingerprint density at radius 2 is 2.07 bits per heavy atom. The zero-order chi connectivity index (χ0) is 10.0. The fourth-order valence-corrected chi connectivity index (χ4v) is 5.57. The van der Waals surface area contributed by atoms with Gasteiger partial charge >= 0.3 is 0 Å². The summed E-state index contributed by atoms with van der Waals surface area (Å²) in [7, 11) is 0. The molecule has 1 unspecified atom stereocenters. The van der Waals surface area contributed by atoms with Crippen LogP contribution >= 0.6 is 6.04 Å². The van der Waals surface area contributed by atoms with E-state index in [0.29, 0.717) is 0 Å². The van der Waals surface area contributed by atoms with Crippen molar-refractivity contribution in [3.63, 3.8) is 0 Å². The first-order valence-electron chi connectivity index (χ1n) is 5.14. The molecule has 0 aromatic heterocycles. The molecule has 2 rings (SSSR count). The number of hydrogen-bond donors (Lipinski definition) is 0. The van der Waals surface area contributed by atoms with Gasteiger partial charge in [-0.05, 0) is 29.3 Å². The van der Waals surface area contributed by atoms with Crippen LogP contribution in [0, 0.1) is 0 Å². The van der Waals surface area contributed by atoms with Gasteiger partial charge in [-0.3, -0.25) is 0 Å². The number of hydrogen-bond acceptors (Lipinski definition) is 1. The van der Waals surface area contributed by atoms with Crippen molar-refractivity contribution in [3.05, 3.63) is 35.6 Å². The van der Waals surface area contributed by atoms with Crippen molar-refractivity contribution >= 4 is 29.2 Å². The highest BCUT2D eigenvalue weighted by Gasteiger charge is 2.22. The van der Waals surface area contributed by atoms with E-state index >= 15 is 0 Å². The molecule has 14 heavy (non-hydrogen) atoms. The van der Waals surface area contributed by atoms with Crippen LogP contribution in [0.25, 0.3) is 6.08 Å². The van der Waals surface area contributed by atoms with E-state index in [4.69, 9.17) is 11.8 Å². The molecule has 2 heteroatoms. The van der Waals surface area contributed by atoms with Crippen molar-refractivity contribution in [1.82, 2.24) is 0 Å². The van der Waals surface area contributed by atoms with Crippen LogP contribution in [-0.4, -0.2) is 6.16 Å². The number of unbranched alkanes of at least 4 members (excludes halogenated alkanes) is 1. The standard InChI is InChI=1S/C12H15PS/c1-2-3-9-13(14)10-8-11-6-4-5-7-12(11)13/h4-8,10H,2-3,9H2,1H3. The molecule has 1 aromatic carbocycles. The predicted molar refractivity (Wildman–Crippen MR) is 69.2 cm³/mol. The molecule has 0 spiro atoms. The van der Waals surface area contributed by atoms with Gasteiger partial charge in [0.05, 0.1) is 0 Å². The summed E-state index contributed by atoms with van der Waals surface area (Å²) in [5.74, 6) is 2.29. The summed E-state index contributed by atoms with van der Waals surface area (Å²) in [5.41, 5.74) is 1.35. The maximum atomic E-state index is 5.81. The van der Waals surface area contributed by atoms with Gasteiger partial charge in [-0.2, -0.15) is 0 Å². The minimum absolute atomic E-state index is 1.20. The van der Waals surface area contributed by atoms with E-state index in [1.807, 2.05) is 0 Å². The molecule has 0 bridgehead atoms. The maximum absolute atomic E-state index is 5.81. The second kappa shape index (κ2) is 4.00. The number of rotatable bonds is 3. The van der Waals surface area contributed by atoms with Crippen molar-refractivity contribution < 1.29 is 0 Å². The lowest BCUT2D eigenvalue weighted by molar-refractivity contribution is 0.893. The number of fused-ring (bicyclic) bond motifs is 1. The molecule has 0 N–H and O–H groups in total. The van der Waals surface area contributed by atoms with Crippen LogP contribution in [0.4, 0.5) is 0 Å². The van der Waals surface area contributed by atoms with Crippen molar-refractivity contribution in [3.8, 4) is 0 Å². The van der Waals surface area contributed by atoms with Gasteiger partial charge in [-0.25, -0.2) is 0 Å². The summed E-state index contributed by atoms with van der Waals surface area (Å²) >= 11 is 5.81. The molecule has 1 atom stereocenters. The Kier molecular flexibility index (Phi) is 2.90. The van der Waals surface area contributed by atoms with Crippen molar-refractivity contribution in [1.29, 1.82) is 0 Å². The third-order valence-corrected chi connectivity index (χ3v) is 7.02. The van der Waals surface area contributed by atoms with E-state index in [9.17, 15) is 0 Å². The fraction of sp³-hybridized carbons (Fsp3) is 0.333. The summed E-state index contributed by atoms with van der Waals surface area (Å²) in [6.07, 6.45) is 5.92. The summed E-state index contributed by atoms with van der Waals surface area (Å²) in [4.78, 5) is 0. The van der Waals surface area contributed by atoms with Gasteiger partial charge in [0, 0.05) is 6.04 Å². The molecular weight excluding hydrogens is 207 g/mol. The Hall–Kier alpha value is -0.390. The minimum atomic E-state index is -1.32. The van der Waals surface area contributed by atoms with E-state index in [1.54, 1.807) is 0 Å². The normalized spacial score (nSPS) is 23.8. The topological polar surface area (TPSA) is 0 Å². The Balaban J connectivity index is 2.33. The molecule has 1 aromatic rings. The van der Waals surface area contributed by atoms with Crippen LogP contribution in [-0.2, 0) is 11.8 Å². The maximum Gasteiger partial charge on any atom is 0.00427 e. The van der Waals surface area contributed by atoms with Crippen LogP contribution in [0.2, 0.25) is 0 Å². The molecular formula is C12H15PS. The van der Waals surface area contributed by atoms with Crippen LogP contribution in [0.3, 0.4) is 0 Å². The van der Waals surface area contributed by atoms with Crippen molar-refractivity contribution in [2.45, 2.75) is 19.8 Å². The van der Waals surface area contributed by atoms with Crippen LogP contribution in [0.15, 0.2) is 30.1 Å². The lowest BCUT2D eigenvalue weighted by atomic mass is 10.2. The Labute approximate surface area is 91.0 Å². The second-order valence-corrected chi connectivity index (χ2v) is 8.52. The van der Waals surface area contributed by atoms with Gasteiger partial charge in [0.1, 0.15) is 0 Å². The Morgan fingerprint density at radius 3 is 2.86 bits per heavy atom. The first-order chi connectivity index (χ1) is 6.76. The van der Waals surface area contributed by atoms with Gasteiger partial charge in [-0.15, -0.1) is 0 Å². The van der Waals surface area contributed by atoms with Crippen molar-refractivity contribution in [2.24, 2.45) is 0 Å². The molecule has 0 fully saturated rings.